The Labute approximate surface area is 165 Å². The van der Waals surface area contributed by atoms with Crippen LogP contribution in [-0.2, 0) is 4.79 Å². The number of aromatic amines is 1. The number of piperidine rings is 1. The Balaban J connectivity index is 1.66. The third-order valence-corrected chi connectivity index (χ3v) is 6.21. The van der Waals surface area contributed by atoms with Gasteiger partial charge in [-0.1, -0.05) is 33.1 Å². The average Bonchev–Trinajstić information content (AvgIpc) is 2.68. The molecule has 0 unspecified atom stereocenters. The van der Waals surface area contributed by atoms with Gasteiger partial charge in [-0.25, -0.2) is 14.2 Å². The Kier molecular flexibility index (Phi) is 6.57. The van der Waals surface area contributed by atoms with Crippen molar-refractivity contribution in [2.45, 2.75) is 77.8 Å². The molecule has 28 heavy (non-hydrogen) atoms. The highest BCUT2D eigenvalue weighted by Gasteiger charge is 2.27. The van der Waals surface area contributed by atoms with Crippen LogP contribution < -0.4 is 16.7 Å². The third-order valence-electron chi connectivity index (χ3n) is 6.21. The number of hydrogen-bond donors (Lipinski definition) is 2. The summed E-state index contributed by atoms with van der Waals surface area (Å²) >= 11 is 0. The van der Waals surface area contributed by atoms with Gasteiger partial charge in [0.1, 0.15) is 0 Å². The van der Waals surface area contributed by atoms with E-state index in [9.17, 15) is 14.4 Å². The normalized spacial score (nSPS) is 20.4. The fourth-order valence-electron chi connectivity index (χ4n) is 4.49. The maximum Gasteiger partial charge on any atom is 0.355 e. The summed E-state index contributed by atoms with van der Waals surface area (Å²) in [6.07, 6.45) is 7.28. The molecule has 0 spiro atoms. The van der Waals surface area contributed by atoms with Gasteiger partial charge in [0.15, 0.2) is 0 Å². The maximum absolute atomic E-state index is 12.6. The summed E-state index contributed by atoms with van der Waals surface area (Å²) in [5.74, 6) is 0.885. The molecule has 2 heterocycles. The Morgan fingerprint density at radius 3 is 2.29 bits per heavy atom. The quantitative estimate of drug-likeness (QED) is 0.801. The molecule has 2 N–H and O–H groups in total. The number of H-pyrrole nitrogens is 1. The fraction of sp³-hybridized carbons (Fsp3) is 0.800. The van der Waals surface area contributed by atoms with Crippen molar-refractivity contribution in [3.05, 3.63) is 21.0 Å². The zero-order chi connectivity index (χ0) is 20.3. The molecule has 1 amide bonds. The van der Waals surface area contributed by atoms with Gasteiger partial charge in [0.05, 0.1) is 0 Å². The molecule has 1 aliphatic heterocycles. The van der Waals surface area contributed by atoms with E-state index in [1.807, 2.05) is 18.7 Å². The fourth-order valence-corrected chi connectivity index (χ4v) is 4.49. The Morgan fingerprint density at radius 2 is 1.71 bits per heavy atom. The molecule has 1 saturated carbocycles. The number of anilines is 1. The van der Waals surface area contributed by atoms with E-state index >= 15 is 0 Å². The van der Waals surface area contributed by atoms with Crippen LogP contribution in [-0.4, -0.2) is 44.5 Å². The van der Waals surface area contributed by atoms with Crippen LogP contribution in [0.15, 0.2) is 9.59 Å². The Bertz CT molecular complexity index is 755. The van der Waals surface area contributed by atoms with Gasteiger partial charge in [0.2, 0.25) is 11.9 Å². The minimum Gasteiger partial charge on any atom is -0.353 e. The first-order chi connectivity index (χ1) is 13.4. The van der Waals surface area contributed by atoms with E-state index in [0.29, 0.717) is 31.8 Å². The van der Waals surface area contributed by atoms with Crippen LogP contribution in [0.3, 0.4) is 0 Å². The van der Waals surface area contributed by atoms with E-state index in [1.54, 1.807) is 0 Å². The molecule has 2 aliphatic rings. The van der Waals surface area contributed by atoms with Crippen molar-refractivity contribution in [2.75, 3.05) is 18.4 Å². The molecule has 8 nitrogen and oxygen atoms in total. The molecule has 0 bridgehead atoms. The van der Waals surface area contributed by atoms with Crippen molar-refractivity contribution in [1.82, 2.24) is 19.4 Å². The molecule has 3 rings (SSSR count). The number of hydrogen-bond acceptors (Lipinski definition) is 5. The molecule has 0 radical (unpaired) electrons. The van der Waals surface area contributed by atoms with Gasteiger partial charge in [0, 0.05) is 31.1 Å². The number of nitrogens with one attached hydrogen (secondary N) is 2. The van der Waals surface area contributed by atoms with Crippen LogP contribution >= 0.6 is 0 Å². The topological polar surface area (TPSA) is 100 Å². The first-order valence-electron chi connectivity index (χ1n) is 10.6. The summed E-state index contributed by atoms with van der Waals surface area (Å²) in [5, 5.41) is 3.22. The summed E-state index contributed by atoms with van der Waals surface area (Å²) in [5.41, 5.74) is -0.942. The van der Waals surface area contributed by atoms with Crippen LogP contribution in [0.25, 0.3) is 0 Å². The molecule has 2 fully saturated rings. The number of carbonyl (C=O) groups excluding carboxylic acids is 1. The van der Waals surface area contributed by atoms with Crippen molar-refractivity contribution in [2.24, 2.45) is 11.8 Å². The number of likely N-dealkylation sites (tertiary alicyclic amines) is 1. The lowest BCUT2D eigenvalue weighted by molar-refractivity contribution is -0.135. The molecule has 1 saturated heterocycles. The van der Waals surface area contributed by atoms with Gasteiger partial charge >= 0.3 is 11.4 Å². The first kappa shape index (κ1) is 20.6. The lowest BCUT2D eigenvalue weighted by atomic mass is 9.85. The Hall–Kier alpha value is -2.12. The van der Waals surface area contributed by atoms with Crippen molar-refractivity contribution in [1.29, 1.82) is 0 Å². The first-order valence-corrected chi connectivity index (χ1v) is 10.6. The average molecular weight is 392 g/mol. The lowest BCUT2D eigenvalue weighted by Crippen LogP contribution is -2.47. The van der Waals surface area contributed by atoms with E-state index < -0.39 is 11.4 Å². The van der Waals surface area contributed by atoms with Gasteiger partial charge in [-0.05, 0) is 38.5 Å². The van der Waals surface area contributed by atoms with E-state index in [0.717, 1.165) is 0 Å². The van der Waals surface area contributed by atoms with Crippen LogP contribution in [0.1, 0.15) is 71.8 Å². The van der Waals surface area contributed by atoms with Crippen LogP contribution in [0.2, 0.25) is 0 Å². The lowest BCUT2D eigenvalue weighted by Gasteiger charge is -2.33. The molecular formula is C20H33N5O3. The second-order valence-corrected chi connectivity index (χ2v) is 8.59. The monoisotopic (exact) mass is 391 g/mol. The second kappa shape index (κ2) is 8.92. The van der Waals surface area contributed by atoms with E-state index in [2.05, 4.69) is 22.2 Å². The molecule has 1 aromatic heterocycles. The van der Waals surface area contributed by atoms with Gasteiger partial charge in [0.25, 0.3) is 0 Å². The molecule has 0 aromatic carbocycles. The summed E-state index contributed by atoms with van der Waals surface area (Å²) in [7, 11) is 0. The van der Waals surface area contributed by atoms with E-state index in [-0.39, 0.29) is 29.9 Å². The molecule has 1 atom stereocenters. The number of amides is 1. The summed E-state index contributed by atoms with van der Waals surface area (Å²) in [6, 6.07) is -0.0474. The summed E-state index contributed by atoms with van der Waals surface area (Å²) in [6.45, 7) is 6.97. The molecule has 1 aliphatic carbocycles. The minimum absolute atomic E-state index is 0.0409. The largest absolute Gasteiger partial charge is 0.355 e. The number of aromatic nitrogens is 3. The highest BCUT2D eigenvalue weighted by molar-refractivity contribution is 5.78. The van der Waals surface area contributed by atoms with Gasteiger partial charge in [-0.2, -0.15) is 4.98 Å². The minimum atomic E-state index is -0.518. The number of nitrogens with zero attached hydrogens (tertiary/aromatic N) is 3. The van der Waals surface area contributed by atoms with Crippen LogP contribution in [0, 0.1) is 11.8 Å². The SMILES string of the molecule is CC(C)C(=O)N1CCC(n2c(=O)nc(N[C@@H](C)C3CCCCC3)[nH]c2=O)CC1. The standard InChI is InChI=1S/C20H33N5O3/c1-13(2)17(26)24-11-9-16(10-12-24)25-19(27)22-18(23-20(25)28)21-14(3)15-7-5-4-6-8-15/h13-16H,4-12H2,1-3H3,(H2,21,22,23,27,28)/t14-/m0/s1. The van der Waals surface area contributed by atoms with Gasteiger partial charge in [-0.15, -0.1) is 0 Å². The Morgan fingerprint density at radius 1 is 1.07 bits per heavy atom. The molecular weight excluding hydrogens is 358 g/mol. The van der Waals surface area contributed by atoms with Crippen molar-refractivity contribution < 1.29 is 4.79 Å². The van der Waals surface area contributed by atoms with Gasteiger partial charge < -0.3 is 10.2 Å². The summed E-state index contributed by atoms with van der Waals surface area (Å²) < 4.78 is 1.22. The number of rotatable bonds is 5. The smallest absolute Gasteiger partial charge is 0.353 e. The van der Waals surface area contributed by atoms with Crippen LogP contribution in [0.4, 0.5) is 5.95 Å². The third kappa shape index (κ3) is 4.64. The second-order valence-electron chi connectivity index (χ2n) is 8.59. The maximum atomic E-state index is 12.6. The van der Waals surface area contributed by atoms with Crippen LogP contribution in [0.5, 0.6) is 0 Å². The number of carbonyl (C=O) groups is 1. The zero-order valence-electron chi connectivity index (χ0n) is 17.2. The summed E-state index contributed by atoms with van der Waals surface area (Å²) in [4.78, 5) is 45.9. The molecule has 8 heteroatoms. The van der Waals surface area contributed by atoms with Crippen molar-refractivity contribution in [3.63, 3.8) is 0 Å². The highest BCUT2D eigenvalue weighted by Crippen LogP contribution is 2.27. The van der Waals surface area contributed by atoms with Crippen molar-refractivity contribution >= 4 is 11.9 Å². The van der Waals surface area contributed by atoms with Crippen molar-refractivity contribution in [3.8, 4) is 0 Å². The van der Waals surface area contributed by atoms with Gasteiger partial charge in [-0.3, -0.25) is 9.78 Å². The van der Waals surface area contributed by atoms with E-state index in [1.165, 1.54) is 36.7 Å². The molecule has 156 valence electrons. The highest BCUT2D eigenvalue weighted by atomic mass is 16.2. The van der Waals surface area contributed by atoms with E-state index in [4.69, 9.17) is 0 Å². The molecule has 1 aromatic rings. The predicted molar refractivity (Wildman–Crippen MR) is 108 cm³/mol. The predicted octanol–water partition coefficient (Wildman–Crippen LogP) is 2.13. The zero-order valence-corrected chi connectivity index (χ0v) is 17.2.